The zero-order valence-corrected chi connectivity index (χ0v) is 9.28. The first kappa shape index (κ1) is 12.7. The number of hydrogen-bond acceptors (Lipinski definition) is 2. The summed E-state index contributed by atoms with van der Waals surface area (Å²) in [5.41, 5.74) is 0.710. The first-order valence-corrected chi connectivity index (χ1v) is 5.39. The van der Waals surface area contributed by atoms with Crippen LogP contribution in [-0.2, 0) is 4.79 Å². The van der Waals surface area contributed by atoms with Crippen LogP contribution in [-0.4, -0.2) is 23.9 Å². The summed E-state index contributed by atoms with van der Waals surface area (Å²) in [7, 11) is 0. The van der Waals surface area contributed by atoms with E-state index in [2.05, 4.69) is 4.74 Å². The van der Waals surface area contributed by atoms with Gasteiger partial charge in [-0.25, -0.2) is 0 Å². The molecule has 6 heteroatoms. The molecular formula is C12H11F3O3. The van der Waals surface area contributed by atoms with Crippen molar-refractivity contribution < 1.29 is 27.8 Å². The highest BCUT2D eigenvalue weighted by atomic mass is 19.4. The predicted octanol–water partition coefficient (Wildman–Crippen LogP) is 2.82. The Hall–Kier alpha value is -1.72. The molecule has 0 unspecified atom stereocenters. The van der Waals surface area contributed by atoms with Crippen LogP contribution in [0.3, 0.4) is 0 Å². The molecule has 1 fully saturated rings. The standard InChI is InChI=1S/C12H11F3O3/c13-12(14,15)6-18-8-3-1-2-7(4-8)9-5-10(9)11(16)17/h1-4,9-10H,5-6H2,(H,16,17)/t9-,10+/m0/s1. The topological polar surface area (TPSA) is 46.5 Å². The van der Waals surface area contributed by atoms with Crippen molar-refractivity contribution in [3.05, 3.63) is 29.8 Å². The smallest absolute Gasteiger partial charge is 0.422 e. The number of hydrogen-bond donors (Lipinski definition) is 1. The van der Waals surface area contributed by atoms with E-state index in [9.17, 15) is 18.0 Å². The Morgan fingerprint density at radius 1 is 1.44 bits per heavy atom. The third kappa shape index (κ3) is 3.15. The molecule has 0 heterocycles. The summed E-state index contributed by atoms with van der Waals surface area (Å²) < 4.78 is 40.5. The summed E-state index contributed by atoms with van der Waals surface area (Å²) >= 11 is 0. The largest absolute Gasteiger partial charge is 0.484 e. The zero-order valence-electron chi connectivity index (χ0n) is 9.28. The van der Waals surface area contributed by atoms with Crippen LogP contribution in [0.25, 0.3) is 0 Å². The highest BCUT2D eigenvalue weighted by Crippen LogP contribution is 2.48. The molecule has 18 heavy (non-hydrogen) atoms. The Bertz CT molecular complexity index is 456. The molecule has 0 radical (unpaired) electrons. The number of halogens is 3. The quantitative estimate of drug-likeness (QED) is 0.905. The molecule has 3 nitrogen and oxygen atoms in total. The van der Waals surface area contributed by atoms with E-state index >= 15 is 0 Å². The van der Waals surface area contributed by atoms with E-state index in [-0.39, 0.29) is 11.7 Å². The maximum atomic E-state index is 12.0. The molecule has 98 valence electrons. The Kier molecular flexibility index (Phi) is 3.19. The molecule has 1 aromatic rings. The van der Waals surface area contributed by atoms with E-state index in [1.807, 2.05) is 0 Å². The minimum Gasteiger partial charge on any atom is -0.484 e. The van der Waals surface area contributed by atoms with Gasteiger partial charge >= 0.3 is 12.1 Å². The van der Waals surface area contributed by atoms with Crippen LogP contribution in [0.1, 0.15) is 17.9 Å². The Labute approximate surface area is 101 Å². The van der Waals surface area contributed by atoms with Crippen molar-refractivity contribution >= 4 is 5.97 Å². The Balaban J connectivity index is 2.01. The SMILES string of the molecule is O=C(O)[C@@H]1C[C@H]1c1cccc(OCC(F)(F)F)c1. The number of carboxylic acid groups (broad SMARTS) is 1. The fraction of sp³-hybridized carbons (Fsp3) is 0.417. The van der Waals surface area contributed by atoms with Crippen molar-refractivity contribution in [1.29, 1.82) is 0 Å². The van der Waals surface area contributed by atoms with Crippen molar-refractivity contribution in [1.82, 2.24) is 0 Å². The van der Waals surface area contributed by atoms with Crippen molar-refractivity contribution in [2.24, 2.45) is 5.92 Å². The molecule has 1 aliphatic carbocycles. The second-order valence-electron chi connectivity index (χ2n) is 4.26. The lowest BCUT2D eigenvalue weighted by Crippen LogP contribution is -2.19. The lowest BCUT2D eigenvalue weighted by atomic mass is 10.1. The summed E-state index contributed by atoms with van der Waals surface area (Å²) in [5.74, 6) is -1.30. The lowest BCUT2D eigenvalue weighted by molar-refractivity contribution is -0.153. The van der Waals surface area contributed by atoms with E-state index in [4.69, 9.17) is 5.11 Å². The van der Waals surface area contributed by atoms with Gasteiger partial charge in [0, 0.05) is 0 Å². The van der Waals surface area contributed by atoms with E-state index < -0.39 is 24.7 Å². The third-order valence-electron chi connectivity index (χ3n) is 2.80. The molecule has 2 atom stereocenters. The number of carboxylic acids is 1. The van der Waals surface area contributed by atoms with Gasteiger partial charge in [0.1, 0.15) is 5.75 Å². The fourth-order valence-corrected chi connectivity index (χ4v) is 1.84. The highest BCUT2D eigenvalue weighted by molar-refractivity contribution is 5.75. The lowest BCUT2D eigenvalue weighted by Gasteiger charge is -2.10. The molecule has 0 bridgehead atoms. The van der Waals surface area contributed by atoms with Gasteiger partial charge in [0.15, 0.2) is 6.61 Å². The fourth-order valence-electron chi connectivity index (χ4n) is 1.84. The van der Waals surface area contributed by atoms with Gasteiger partial charge in [-0.15, -0.1) is 0 Å². The summed E-state index contributed by atoms with van der Waals surface area (Å²) in [6.45, 7) is -1.34. The van der Waals surface area contributed by atoms with Crippen LogP contribution in [0.2, 0.25) is 0 Å². The molecule has 0 aliphatic heterocycles. The van der Waals surface area contributed by atoms with Gasteiger partial charge in [0.05, 0.1) is 5.92 Å². The summed E-state index contributed by atoms with van der Waals surface area (Å²) in [4.78, 5) is 10.7. The van der Waals surface area contributed by atoms with E-state index in [1.165, 1.54) is 12.1 Å². The van der Waals surface area contributed by atoms with Gasteiger partial charge in [-0.3, -0.25) is 4.79 Å². The molecule has 1 saturated carbocycles. The second-order valence-corrected chi connectivity index (χ2v) is 4.26. The molecular weight excluding hydrogens is 249 g/mol. The van der Waals surface area contributed by atoms with Crippen molar-refractivity contribution in [3.63, 3.8) is 0 Å². The summed E-state index contributed by atoms with van der Waals surface area (Å²) in [5, 5.41) is 8.78. The minimum absolute atomic E-state index is 0.112. The van der Waals surface area contributed by atoms with Crippen molar-refractivity contribution in [2.45, 2.75) is 18.5 Å². The van der Waals surface area contributed by atoms with Gasteiger partial charge in [-0.05, 0) is 30.0 Å². The Morgan fingerprint density at radius 2 is 2.17 bits per heavy atom. The van der Waals surface area contributed by atoms with Crippen LogP contribution < -0.4 is 4.74 Å². The number of benzene rings is 1. The first-order valence-electron chi connectivity index (χ1n) is 5.39. The van der Waals surface area contributed by atoms with E-state index in [1.54, 1.807) is 12.1 Å². The van der Waals surface area contributed by atoms with Crippen LogP contribution in [0.5, 0.6) is 5.75 Å². The highest BCUT2D eigenvalue weighted by Gasteiger charge is 2.44. The van der Waals surface area contributed by atoms with E-state index in [0.717, 1.165) is 0 Å². The van der Waals surface area contributed by atoms with Gasteiger partial charge < -0.3 is 9.84 Å². The number of aliphatic carboxylic acids is 1. The van der Waals surface area contributed by atoms with Gasteiger partial charge in [-0.2, -0.15) is 13.2 Å². The maximum absolute atomic E-state index is 12.0. The molecule has 0 spiro atoms. The second kappa shape index (κ2) is 4.51. The molecule has 2 rings (SSSR count). The van der Waals surface area contributed by atoms with Crippen LogP contribution in [0.4, 0.5) is 13.2 Å². The summed E-state index contributed by atoms with van der Waals surface area (Å²) in [6, 6.07) is 6.17. The molecule has 0 saturated heterocycles. The monoisotopic (exact) mass is 260 g/mol. The molecule has 0 amide bonds. The molecule has 1 aliphatic rings. The number of carbonyl (C=O) groups is 1. The Morgan fingerprint density at radius 3 is 2.72 bits per heavy atom. The van der Waals surface area contributed by atoms with Crippen molar-refractivity contribution in [2.75, 3.05) is 6.61 Å². The van der Waals surface area contributed by atoms with Gasteiger partial charge in [0.2, 0.25) is 0 Å². The van der Waals surface area contributed by atoms with Gasteiger partial charge in [0.25, 0.3) is 0 Å². The van der Waals surface area contributed by atoms with Crippen LogP contribution >= 0.6 is 0 Å². The predicted molar refractivity (Wildman–Crippen MR) is 56.5 cm³/mol. The number of alkyl halides is 3. The van der Waals surface area contributed by atoms with Crippen LogP contribution in [0.15, 0.2) is 24.3 Å². The average molecular weight is 260 g/mol. The minimum atomic E-state index is -4.38. The number of ether oxygens (including phenoxy) is 1. The first-order chi connectivity index (χ1) is 8.37. The van der Waals surface area contributed by atoms with Crippen molar-refractivity contribution in [3.8, 4) is 5.75 Å². The van der Waals surface area contributed by atoms with Crippen LogP contribution in [0, 0.1) is 5.92 Å². The maximum Gasteiger partial charge on any atom is 0.422 e. The molecule has 1 aromatic carbocycles. The van der Waals surface area contributed by atoms with Gasteiger partial charge in [-0.1, -0.05) is 12.1 Å². The number of rotatable bonds is 4. The molecule has 0 aromatic heterocycles. The van der Waals surface area contributed by atoms with E-state index in [0.29, 0.717) is 12.0 Å². The third-order valence-corrected chi connectivity index (χ3v) is 2.80. The summed E-state index contributed by atoms with van der Waals surface area (Å²) in [6.07, 6.45) is -3.85. The zero-order chi connectivity index (χ0) is 13.3. The normalized spacial score (nSPS) is 22.6. The molecule has 1 N–H and O–H groups in total. The average Bonchev–Trinajstić information content (AvgIpc) is 3.06.